The molecule has 1 aliphatic carbocycles. The minimum absolute atomic E-state index is 0.240. The maximum absolute atomic E-state index is 11.1. The zero-order valence-corrected chi connectivity index (χ0v) is 9.15. The molecule has 2 rings (SSSR count). The molecule has 0 unspecified atom stereocenters. The average Bonchev–Trinajstić information content (AvgIpc) is 2.27. The van der Waals surface area contributed by atoms with Crippen LogP contribution in [0.4, 0.5) is 5.69 Å². The van der Waals surface area contributed by atoms with Gasteiger partial charge in [0.25, 0.3) is 0 Å². The van der Waals surface area contributed by atoms with Crippen molar-refractivity contribution in [3.8, 4) is 0 Å². The Kier molecular flexibility index (Phi) is 2.92. The van der Waals surface area contributed by atoms with E-state index in [0.29, 0.717) is 37.8 Å². The molecule has 0 aromatic carbocycles. The van der Waals surface area contributed by atoms with E-state index in [9.17, 15) is 9.90 Å². The third-order valence-corrected chi connectivity index (χ3v) is 3.20. The minimum atomic E-state index is -0.787. The minimum Gasteiger partial charge on any atom is -0.398 e. The monoisotopic (exact) mass is 220 g/mol. The van der Waals surface area contributed by atoms with E-state index in [1.807, 2.05) is 0 Å². The molecule has 4 heteroatoms. The van der Waals surface area contributed by atoms with E-state index in [1.165, 1.54) is 0 Å². The molecule has 0 amide bonds. The van der Waals surface area contributed by atoms with Crippen LogP contribution in [-0.4, -0.2) is 21.5 Å². The van der Waals surface area contributed by atoms with Crippen LogP contribution in [0.2, 0.25) is 0 Å². The molecule has 0 radical (unpaired) electrons. The number of aliphatic hydroxyl groups is 1. The van der Waals surface area contributed by atoms with Gasteiger partial charge in [0.15, 0.2) is 0 Å². The molecule has 1 aliphatic rings. The molecule has 0 saturated heterocycles. The molecule has 0 spiro atoms. The van der Waals surface area contributed by atoms with Gasteiger partial charge in [-0.15, -0.1) is 0 Å². The molecule has 0 aliphatic heterocycles. The standard InChI is InChI=1S/C12H16N2O2/c13-11-3-6-14-8-9(11)7-12(16)4-1-10(15)2-5-12/h3,6,8,16H,1-2,4-5,7H2,(H2,13,14). The van der Waals surface area contributed by atoms with E-state index in [4.69, 9.17) is 5.73 Å². The lowest BCUT2D eigenvalue weighted by Gasteiger charge is -2.31. The summed E-state index contributed by atoms with van der Waals surface area (Å²) in [6.45, 7) is 0. The van der Waals surface area contributed by atoms with E-state index in [-0.39, 0.29) is 5.78 Å². The molecule has 1 heterocycles. The molecule has 1 aromatic heterocycles. The van der Waals surface area contributed by atoms with Crippen molar-refractivity contribution in [1.29, 1.82) is 0 Å². The van der Waals surface area contributed by atoms with Crippen LogP contribution in [0.3, 0.4) is 0 Å². The van der Waals surface area contributed by atoms with E-state index in [2.05, 4.69) is 4.98 Å². The molecule has 0 bridgehead atoms. The Bertz CT molecular complexity index is 394. The first-order valence-corrected chi connectivity index (χ1v) is 5.51. The quantitative estimate of drug-likeness (QED) is 0.782. The molecule has 3 N–H and O–H groups in total. The van der Waals surface area contributed by atoms with E-state index < -0.39 is 5.60 Å². The van der Waals surface area contributed by atoms with Crippen molar-refractivity contribution in [2.75, 3.05) is 5.73 Å². The summed E-state index contributed by atoms with van der Waals surface area (Å²) in [5, 5.41) is 10.3. The lowest BCUT2D eigenvalue weighted by atomic mass is 9.80. The van der Waals surface area contributed by atoms with Crippen molar-refractivity contribution in [1.82, 2.24) is 4.98 Å². The summed E-state index contributed by atoms with van der Waals surface area (Å²) in [5.41, 5.74) is 6.53. The van der Waals surface area contributed by atoms with Gasteiger partial charge in [0.05, 0.1) is 5.60 Å². The highest BCUT2D eigenvalue weighted by Crippen LogP contribution is 2.30. The van der Waals surface area contributed by atoms with Gasteiger partial charge in [-0.2, -0.15) is 0 Å². The summed E-state index contributed by atoms with van der Waals surface area (Å²) in [4.78, 5) is 15.1. The maximum atomic E-state index is 11.1. The molecule has 1 saturated carbocycles. The largest absolute Gasteiger partial charge is 0.398 e. The average molecular weight is 220 g/mol. The third kappa shape index (κ3) is 2.39. The van der Waals surface area contributed by atoms with Crippen LogP contribution in [0.25, 0.3) is 0 Å². The van der Waals surface area contributed by atoms with Crippen LogP contribution >= 0.6 is 0 Å². The van der Waals surface area contributed by atoms with E-state index >= 15 is 0 Å². The first-order valence-electron chi connectivity index (χ1n) is 5.51. The number of nitrogens with two attached hydrogens (primary N) is 1. The highest BCUT2D eigenvalue weighted by atomic mass is 16.3. The number of hydrogen-bond acceptors (Lipinski definition) is 4. The summed E-state index contributed by atoms with van der Waals surface area (Å²) in [5.74, 6) is 0.240. The van der Waals surface area contributed by atoms with Gasteiger partial charge >= 0.3 is 0 Å². The van der Waals surface area contributed by atoms with Crippen LogP contribution in [0.15, 0.2) is 18.5 Å². The summed E-state index contributed by atoms with van der Waals surface area (Å²) in [6.07, 6.45) is 5.80. The molecule has 4 nitrogen and oxygen atoms in total. The van der Waals surface area contributed by atoms with Crippen LogP contribution in [0.5, 0.6) is 0 Å². The summed E-state index contributed by atoms with van der Waals surface area (Å²) in [7, 11) is 0. The Hall–Kier alpha value is -1.42. The van der Waals surface area contributed by atoms with Gasteiger partial charge in [-0.25, -0.2) is 0 Å². The van der Waals surface area contributed by atoms with E-state index in [0.717, 1.165) is 5.56 Å². The van der Waals surface area contributed by atoms with Crippen molar-refractivity contribution in [2.45, 2.75) is 37.7 Å². The van der Waals surface area contributed by atoms with E-state index in [1.54, 1.807) is 18.5 Å². The molecule has 16 heavy (non-hydrogen) atoms. The fraction of sp³-hybridized carbons (Fsp3) is 0.500. The number of aromatic nitrogens is 1. The van der Waals surface area contributed by atoms with Crippen molar-refractivity contribution < 1.29 is 9.90 Å². The number of carbonyl (C=O) groups excluding carboxylic acids is 1. The summed E-state index contributed by atoms with van der Waals surface area (Å²) in [6, 6.07) is 1.73. The zero-order chi connectivity index (χ0) is 11.6. The van der Waals surface area contributed by atoms with Crippen LogP contribution in [0, 0.1) is 0 Å². The molecule has 0 atom stereocenters. The van der Waals surface area contributed by atoms with Gasteiger partial charge in [0.1, 0.15) is 5.78 Å². The molecule has 1 fully saturated rings. The Morgan fingerprint density at radius 2 is 2.12 bits per heavy atom. The molecular weight excluding hydrogens is 204 g/mol. The van der Waals surface area contributed by atoms with Crippen LogP contribution < -0.4 is 5.73 Å². The van der Waals surface area contributed by atoms with Crippen molar-refractivity contribution in [3.63, 3.8) is 0 Å². The predicted octanol–water partition coefficient (Wildman–Crippen LogP) is 1.08. The predicted molar refractivity (Wildman–Crippen MR) is 60.8 cm³/mol. The first-order chi connectivity index (χ1) is 7.59. The van der Waals surface area contributed by atoms with Crippen LogP contribution in [-0.2, 0) is 11.2 Å². The van der Waals surface area contributed by atoms with Gasteiger partial charge in [-0.05, 0) is 24.5 Å². The van der Waals surface area contributed by atoms with Crippen molar-refractivity contribution in [3.05, 3.63) is 24.0 Å². The number of nitrogens with zero attached hydrogens (tertiary/aromatic N) is 1. The number of carbonyl (C=O) groups is 1. The van der Waals surface area contributed by atoms with Gasteiger partial charge in [0, 0.05) is 37.3 Å². The highest BCUT2D eigenvalue weighted by Gasteiger charge is 2.32. The smallest absolute Gasteiger partial charge is 0.133 e. The van der Waals surface area contributed by atoms with Gasteiger partial charge in [-0.1, -0.05) is 0 Å². The second-order valence-corrected chi connectivity index (χ2v) is 4.51. The van der Waals surface area contributed by atoms with Gasteiger partial charge in [0.2, 0.25) is 0 Å². The summed E-state index contributed by atoms with van der Waals surface area (Å²) < 4.78 is 0. The molecular formula is C12H16N2O2. The Morgan fingerprint density at radius 3 is 2.75 bits per heavy atom. The fourth-order valence-electron chi connectivity index (χ4n) is 2.11. The normalized spacial score (nSPS) is 19.7. The highest BCUT2D eigenvalue weighted by molar-refractivity contribution is 5.79. The van der Waals surface area contributed by atoms with Gasteiger partial charge < -0.3 is 10.8 Å². The number of pyridine rings is 1. The van der Waals surface area contributed by atoms with Crippen LogP contribution in [0.1, 0.15) is 31.2 Å². The number of ketones is 1. The third-order valence-electron chi connectivity index (χ3n) is 3.20. The fourth-order valence-corrected chi connectivity index (χ4v) is 2.11. The lowest BCUT2D eigenvalue weighted by Crippen LogP contribution is -2.36. The first kappa shape index (κ1) is 11.1. The number of nitrogen functional groups attached to an aromatic ring is 1. The summed E-state index contributed by atoms with van der Waals surface area (Å²) >= 11 is 0. The van der Waals surface area contributed by atoms with Gasteiger partial charge in [-0.3, -0.25) is 9.78 Å². The number of Topliss-reactive ketones (excluding diaryl/α,β-unsaturated/α-hetero) is 1. The Labute approximate surface area is 94.5 Å². The second kappa shape index (κ2) is 4.22. The maximum Gasteiger partial charge on any atom is 0.133 e. The van der Waals surface area contributed by atoms with Crippen molar-refractivity contribution in [2.24, 2.45) is 0 Å². The van der Waals surface area contributed by atoms with Crippen molar-refractivity contribution >= 4 is 11.5 Å². The number of rotatable bonds is 2. The number of hydrogen-bond donors (Lipinski definition) is 2. The topological polar surface area (TPSA) is 76.2 Å². The SMILES string of the molecule is Nc1ccncc1CC1(O)CCC(=O)CC1. The molecule has 1 aromatic rings. The molecule has 86 valence electrons. The zero-order valence-electron chi connectivity index (χ0n) is 9.15. The Balaban J connectivity index is 2.09. The Morgan fingerprint density at radius 1 is 1.44 bits per heavy atom. The number of anilines is 1. The lowest BCUT2D eigenvalue weighted by molar-refractivity contribution is -0.125. The second-order valence-electron chi connectivity index (χ2n) is 4.51.